The zero-order chi connectivity index (χ0) is 20.1. The van der Waals surface area contributed by atoms with Crippen LogP contribution in [0.15, 0.2) is 29.2 Å². The van der Waals surface area contributed by atoms with Crippen molar-refractivity contribution in [2.75, 3.05) is 26.2 Å². The summed E-state index contributed by atoms with van der Waals surface area (Å²) >= 11 is 0.880. The lowest BCUT2D eigenvalue weighted by Crippen LogP contribution is -2.45. The van der Waals surface area contributed by atoms with Gasteiger partial charge in [-0.25, -0.2) is 0 Å². The number of imide groups is 1. The molecule has 0 N–H and O–H groups in total. The van der Waals surface area contributed by atoms with Gasteiger partial charge in [0.05, 0.1) is 11.5 Å². The van der Waals surface area contributed by atoms with Crippen LogP contribution in [-0.2, 0) is 9.59 Å². The Balaban J connectivity index is 1.62. The maximum atomic E-state index is 12.6. The van der Waals surface area contributed by atoms with Crippen molar-refractivity contribution in [1.82, 2.24) is 9.80 Å². The highest BCUT2D eigenvalue weighted by atomic mass is 32.2. The maximum Gasteiger partial charge on any atom is 0.294 e. The zero-order valence-corrected chi connectivity index (χ0v) is 17.2. The fourth-order valence-corrected chi connectivity index (χ4v) is 4.00. The summed E-state index contributed by atoms with van der Waals surface area (Å²) in [6.45, 7) is 6.08. The molecule has 2 fully saturated rings. The minimum absolute atomic E-state index is 0.159. The molecule has 0 radical (unpaired) electrons. The Labute approximate surface area is 169 Å². The van der Waals surface area contributed by atoms with Gasteiger partial charge in [-0.3, -0.25) is 19.3 Å². The van der Waals surface area contributed by atoms with Crippen molar-refractivity contribution in [3.63, 3.8) is 0 Å². The maximum absolute atomic E-state index is 12.6. The molecule has 7 heteroatoms. The zero-order valence-electron chi connectivity index (χ0n) is 16.3. The third-order valence-electron chi connectivity index (χ3n) is 4.95. The molecule has 0 saturated carbocycles. The van der Waals surface area contributed by atoms with Crippen molar-refractivity contribution in [2.45, 2.75) is 33.1 Å². The molecule has 2 saturated heterocycles. The largest absolute Gasteiger partial charge is 0.494 e. The second kappa shape index (κ2) is 9.28. The van der Waals surface area contributed by atoms with Crippen molar-refractivity contribution in [2.24, 2.45) is 5.92 Å². The summed E-state index contributed by atoms with van der Waals surface area (Å²) in [5.74, 6) is 0.824. The summed E-state index contributed by atoms with van der Waals surface area (Å²) in [6.07, 6.45) is 4.54. The molecule has 150 valence electrons. The second-order valence-electron chi connectivity index (χ2n) is 7.25. The molecular weight excluding hydrogens is 376 g/mol. The molecule has 2 heterocycles. The number of ether oxygens (including phenoxy) is 1. The van der Waals surface area contributed by atoms with Gasteiger partial charge in [0.25, 0.3) is 11.1 Å². The molecule has 2 aliphatic heterocycles. The van der Waals surface area contributed by atoms with Crippen molar-refractivity contribution < 1.29 is 19.1 Å². The van der Waals surface area contributed by atoms with E-state index in [1.165, 1.54) is 0 Å². The van der Waals surface area contributed by atoms with Crippen LogP contribution >= 0.6 is 11.8 Å². The lowest BCUT2D eigenvalue weighted by molar-refractivity contribution is -0.136. The lowest BCUT2D eigenvalue weighted by atomic mass is 9.99. The van der Waals surface area contributed by atoms with E-state index in [9.17, 15) is 14.4 Å². The molecule has 0 atom stereocenters. The predicted octanol–water partition coefficient (Wildman–Crippen LogP) is 3.77. The smallest absolute Gasteiger partial charge is 0.294 e. The van der Waals surface area contributed by atoms with E-state index in [2.05, 4.69) is 6.92 Å². The van der Waals surface area contributed by atoms with Crippen molar-refractivity contribution in [1.29, 1.82) is 0 Å². The number of carbonyl (C=O) groups excluding carboxylic acids is 3. The van der Waals surface area contributed by atoms with E-state index >= 15 is 0 Å². The van der Waals surface area contributed by atoms with Crippen LogP contribution in [0.4, 0.5) is 4.79 Å². The summed E-state index contributed by atoms with van der Waals surface area (Å²) in [4.78, 5) is 40.5. The topological polar surface area (TPSA) is 66.9 Å². The van der Waals surface area contributed by atoms with Gasteiger partial charge in [-0.05, 0) is 60.7 Å². The number of amides is 3. The molecule has 28 heavy (non-hydrogen) atoms. The minimum atomic E-state index is -0.403. The fraction of sp³-hybridized carbons (Fsp3) is 0.476. The van der Waals surface area contributed by atoms with E-state index in [-0.39, 0.29) is 12.5 Å². The number of likely N-dealkylation sites (tertiary alicyclic amines) is 1. The van der Waals surface area contributed by atoms with Gasteiger partial charge in [0, 0.05) is 13.1 Å². The van der Waals surface area contributed by atoms with Crippen LogP contribution in [0, 0.1) is 5.92 Å². The second-order valence-corrected chi connectivity index (χ2v) is 8.24. The number of thioether (sulfide) groups is 1. The molecule has 3 amide bonds. The Kier molecular flexibility index (Phi) is 6.78. The fourth-order valence-electron chi connectivity index (χ4n) is 3.16. The Hall–Kier alpha value is -2.28. The third kappa shape index (κ3) is 4.95. The molecule has 0 aromatic heterocycles. The first-order chi connectivity index (χ1) is 13.5. The molecular formula is C21H26N2O4S. The molecule has 1 aromatic carbocycles. The Morgan fingerprint density at radius 2 is 1.89 bits per heavy atom. The number of piperidine rings is 1. The van der Waals surface area contributed by atoms with Crippen LogP contribution < -0.4 is 4.74 Å². The van der Waals surface area contributed by atoms with E-state index in [0.717, 1.165) is 47.2 Å². The lowest BCUT2D eigenvalue weighted by Gasteiger charge is -2.31. The first kappa shape index (κ1) is 20.5. The molecule has 1 aromatic rings. The molecule has 3 rings (SSSR count). The number of hydrogen-bond acceptors (Lipinski definition) is 5. The van der Waals surface area contributed by atoms with Crippen molar-refractivity contribution in [3.05, 3.63) is 34.7 Å². The number of carbonyl (C=O) groups is 3. The number of rotatable bonds is 6. The Bertz CT molecular complexity index is 767. The first-order valence-electron chi connectivity index (χ1n) is 9.74. The number of benzene rings is 1. The summed E-state index contributed by atoms with van der Waals surface area (Å²) < 4.78 is 5.55. The summed E-state index contributed by atoms with van der Waals surface area (Å²) in [5, 5.41) is -0.391. The average Bonchev–Trinajstić information content (AvgIpc) is 2.95. The van der Waals surface area contributed by atoms with E-state index in [1.54, 1.807) is 11.0 Å². The quantitative estimate of drug-likeness (QED) is 0.678. The Morgan fingerprint density at radius 3 is 2.54 bits per heavy atom. The van der Waals surface area contributed by atoms with Gasteiger partial charge in [0.2, 0.25) is 5.91 Å². The Morgan fingerprint density at radius 1 is 1.21 bits per heavy atom. The van der Waals surface area contributed by atoms with Crippen LogP contribution in [0.25, 0.3) is 6.08 Å². The van der Waals surface area contributed by atoms with E-state index in [1.807, 2.05) is 31.2 Å². The standard InChI is InChI=1S/C21H26N2O4S/c1-3-12-27-17-6-4-16(5-7-17)13-18-20(25)23(21(26)28-18)14-19(24)22-10-8-15(2)9-11-22/h4-7,13,15H,3,8-12,14H2,1-2H3/b18-13-. The summed E-state index contributed by atoms with van der Waals surface area (Å²) in [6, 6.07) is 7.37. The van der Waals surface area contributed by atoms with Crippen LogP contribution in [0.2, 0.25) is 0 Å². The van der Waals surface area contributed by atoms with Crippen molar-refractivity contribution in [3.8, 4) is 5.75 Å². The molecule has 2 aliphatic rings. The van der Waals surface area contributed by atoms with Gasteiger partial charge in [0.1, 0.15) is 12.3 Å². The minimum Gasteiger partial charge on any atom is -0.494 e. The molecule has 0 spiro atoms. The van der Waals surface area contributed by atoms with Gasteiger partial charge in [0.15, 0.2) is 0 Å². The molecule has 0 bridgehead atoms. The number of hydrogen-bond donors (Lipinski definition) is 0. The van der Waals surface area contributed by atoms with Crippen LogP contribution in [0.3, 0.4) is 0 Å². The highest BCUT2D eigenvalue weighted by Gasteiger charge is 2.37. The summed E-state index contributed by atoms with van der Waals surface area (Å²) in [5.41, 5.74) is 0.811. The van der Waals surface area contributed by atoms with Gasteiger partial charge >= 0.3 is 0 Å². The highest BCUT2D eigenvalue weighted by molar-refractivity contribution is 8.18. The predicted molar refractivity (Wildman–Crippen MR) is 110 cm³/mol. The van der Waals surface area contributed by atoms with Gasteiger partial charge in [-0.1, -0.05) is 26.0 Å². The first-order valence-corrected chi connectivity index (χ1v) is 10.6. The van der Waals surface area contributed by atoms with Gasteiger partial charge in [-0.15, -0.1) is 0 Å². The van der Waals surface area contributed by atoms with Crippen molar-refractivity contribution >= 4 is 34.9 Å². The normalized spacial score (nSPS) is 19.6. The third-order valence-corrected chi connectivity index (χ3v) is 5.86. The average molecular weight is 403 g/mol. The SMILES string of the molecule is CCCOc1ccc(/C=C2\SC(=O)N(CC(=O)N3CCC(C)CC3)C2=O)cc1. The van der Waals surface area contributed by atoms with E-state index in [4.69, 9.17) is 4.74 Å². The monoisotopic (exact) mass is 402 g/mol. The van der Waals surface area contributed by atoms with E-state index in [0.29, 0.717) is 30.5 Å². The van der Waals surface area contributed by atoms with Crippen LogP contribution in [-0.4, -0.2) is 53.1 Å². The molecule has 0 unspecified atom stereocenters. The summed E-state index contributed by atoms with van der Waals surface area (Å²) in [7, 11) is 0. The van der Waals surface area contributed by atoms with Gasteiger partial charge < -0.3 is 9.64 Å². The molecule has 0 aliphatic carbocycles. The highest BCUT2D eigenvalue weighted by Crippen LogP contribution is 2.32. The van der Waals surface area contributed by atoms with Gasteiger partial charge in [-0.2, -0.15) is 0 Å². The van der Waals surface area contributed by atoms with Crippen LogP contribution in [0.1, 0.15) is 38.7 Å². The molecule has 6 nitrogen and oxygen atoms in total. The number of nitrogens with zero attached hydrogens (tertiary/aromatic N) is 2. The van der Waals surface area contributed by atoms with E-state index < -0.39 is 11.1 Å². The van der Waals surface area contributed by atoms with Crippen LogP contribution in [0.5, 0.6) is 5.75 Å².